The Hall–Kier alpha value is -2.00. The van der Waals surface area contributed by atoms with Crippen LogP contribution >= 0.6 is 34.8 Å². The summed E-state index contributed by atoms with van der Waals surface area (Å²) in [5.41, 5.74) is 1.84. The number of nitrogens with one attached hydrogen (secondary N) is 1. The van der Waals surface area contributed by atoms with Crippen molar-refractivity contribution in [3.63, 3.8) is 0 Å². The smallest absolute Gasteiger partial charge is 0.242 e. The number of carbonyl (C=O) groups is 2. The quantitative estimate of drug-likeness (QED) is 0.364. The number of anilines is 1. The summed E-state index contributed by atoms with van der Waals surface area (Å²) in [6.45, 7) is 6.08. The van der Waals surface area contributed by atoms with Gasteiger partial charge in [-0.2, -0.15) is 0 Å². The fourth-order valence-corrected chi connectivity index (χ4v) is 5.40. The Balaban J connectivity index is 2.26. The maximum Gasteiger partial charge on any atom is 0.242 e. The molecular formula is C25H32Cl3N3O4S. The molecule has 0 spiro atoms. The Morgan fingerprint density at radius 2 is 1.72 bits per heavy atom. The van der Waals surface area contributed by atoms with Crippen molar-refractivity contribution < 1.29 is 18.0 Å². The number of rotatable bonds is 12. The fourth-order valence-electron chi connectivity index (χ4n) is 3.89. The van der Waals surface area contributed by atoms with Gasteiger partial charge in [0.1, 0.15) is 6.04 Å². The molecule has 0 bridgehead atoms. The van der Waals surface area contributed by atoms with Gasteiger partial charge in [0.2, 0.25) is 21.8 Å². The molecule has 0 heterocycles. The largest absolute Gasteiger partial charge is 0.355 e. The monoisotopic (exact) mass is 575 g/mol. The van der Waals surface area contributed by atoms with Gasteiger partial charge in [-0.3, -0.25) is 13.9 Å². The average molecular weight is 577 g/mol. The molecule has 1 unspecified atom stereocenters. The van der Waals surface area contributed by atoms with Gasteiger partial charge in [0.15, 0.2) is 0 Å². The molecule has 2 aromatic rings. The van der Waals surface area contributed by atoms with E-state index in [-0.39, 0.29) is 37.7 Å². The summed E-state index contributed by atoms with van der Waals surface area (Å²) < 4.78 is 26.3. The lowest BCUT2D eigenvalue weighted by atomic mass is 10.1. The normalized spacial score (nSPS) is 12.2. The van der Waals surface area contributed by atoms with E-state index in [1.54, 1.807) is 43.3 Å². The topological polar surface area (TPSA) is 86.8 Å². The van der Waals surface area contributed by atoms with E-state index in [1.165, 1.54) is 9.21 Å². The van der Waals surface area contributed by atoms with E-state index in [0.29, 0.717) is 39.3 Å². The Kier molecular flexibility index (Phi) is 11.3. The maximum absolute atomic E-state index is 13.4. The van der Waals surface area contributed by atoms with Gasteiger partial charge in [0.05, 0.1) is 22.0 Å². The minimum Gasteiger partial charge on any atom is -0.355 e. The van der Waals surface area contributed by atoms with Crippen molar-refractivity contribution >= 4 is 62.3 Å². The molecule has 0 aliphatic rings. The SMILES string of the molecule is CCNC(=O)C(CC)N(Cc1ccc(Cl)c(Cl)c1)C(=O)CCCN(c1cccc(Cl)c1C)S(C)(=O)=O. The van der Waals surface area contributed by atoms with Gasteiger partial charge in [-0.1, -0.05) is 53.9 Å². The maximum atomic E-state index is 13.4. The van der Waals surface area contributed by atoms with Gasteiger partial charge in [-0.05, 0) is 62.1 Å². The summed E-state index contributed by atoms with van der Waals surface area (Å²) in [5, 5.41) is 3.99. The van der Waals surface area contributed by atoms with Gasteiger partial charge in [-0.15, -0.1) is 0 Å². The third kappa shape index (κ3) is 8.00. The number of sulfonamides is 1. The Morgan fingerprint density at radius 3 is 2.31 bits per heavy atom. The zero-order chi connectivity index (χ0) is 27.0. The summed E-state index contributed by atoms with van der Waals surface area (Å²) in [4.78, 5) is 27.7. The van der Waals surface area contributed by atoms with Crippen molar-refractivity contribution in [2.45, 2.75) is 52.6 Å². The third-order valence-electron chi connectivity index (χ3n) is 5.73. The molecule has 2 aromatic carbocycles. The molecule has 7 nitrogen and oxygen atoms in total. The second-order valence-electron chi connectivity index (χ2n) is 8.41. The van der Waals surface area contributed by atoms with Crippen LogP contribution in [0.1, 0.15) is 44.2 Å². The number of amides is 2. The number of nitrogens with zero attached hydrogens (tertiary/aromatic N) is 2. The van der Waals surface area contributed by atoms with Crippen molar-refractivity contribution in [1.29, 1.82) is 0 Å². The van der Waals surface area contributed by atoms with Crippen LogP contribution in [0.25, 0.3) is 0 Å². The van der Waals surface area contributed by atoms with Crippen molar-refractivity contribution in [2.24, 2.45) is 0 Å². The zero-order valence-corrected chi connectivity index (χ0v) is 23.9. The minimum atomic E-state index is -3.62. The van der Waals surface area contributed by atoms with E-state index >= 15 is 0 Å². The van der Waals surface area contributed by atoms with Crippen molar-refractivity contribution in [3.05, 3.63) is 62.6 Å². The van der Waals surface area contributed by atoms with Crippen molar-refractivity contribution in [2.75, 3.05) is 23.7 Å². The summed E-state index contributed by atoms with van der Waals surface area (Å²) >= 11 is 18.4. The number of halogens is 3. The predicted molar refractivity (Wildman–Crippen MR) is 147 cm³/mol. The van der Waals surface area contributed by atoms with Gasteiger partial charge in [0.25, 0.3) is 0 Å². The average Bonchev–Trinajstić information content (AvgIpc) is 2.80. The third-order valence-corrected chi connectivity index (χ3v) is 8.06. The van der Waals surface area contributed by atoms with Crippen LogP contribution in [-0.4, -0.2) is 50.5 Å². The molecule has 198 valence electrons. The van der Waals surface area contributed by atoms with Gasteiger partial charge in [0, 0.05) is 31.1 Å². The lowest BCUT2D eigenvalue weighted by Crippen LogP contribution is -2.49. The number of carbonyl (C=O) groups excluding carboxylic acids is 2. The van der Waals surface area contributed by atoms with E-state index in [2.05, 4.69) is 5.32 Å². The summed E-state index contributed by atoms with van der Waals surface area (Å²) in [6.07, 6.45) is 1.83. The Bertz CT molecular complexity index is 1190. The lowest BCUT2D eigenvalue weighted by molar-refractivity contribution is -0.141. The molecule has 1 N–H and O–H groups in total. The van der Waals surface area contributed by atoms with E-state index < -0.39 is 16.1 Å². The highest BCUT2D eigenvalue weighted by Crippen LogP contribution is 2.29. The van der Waals surface area contributed by atoms with Crippen LogP contribution in [0.15, 0.2) is 36.4 Å². The zero-order valence-electron chi connectivity index (χ0n) is 20.9. The molecule has 2 rings (SSSR count). The van der Waals surface area contributed by atoms with Crippen molar-refractivity contribution in [1.82, 2.24) is 10.2 Å². The van der Waals surface area contributed by atoms with E-state index in [0.717, 1.165) is 11.8 Å². The fraction of sp³-hybridized carbons (Fsp3) is 0.440. The first-order chi connectivity index (χ1) is 16.9. The van der Waals surface area contributed by atoms with Gasteiger partial charge >= 0.3 is 0 Å². The first kappa shape index (κ1) is 30.2. The molecule has 2 amide bonds. The van der Waals surface area contributed by atoms with Crippen molar-refractivity contribution in [3.8, 4) is 0 Å². The summed E-state index contributed by atoms with van der Waals surface area (Å²) in [6, 6.07) is 9.44. The molecule has 0 aliphatic carbocycles. The van der Waals surface area contributed by atoms with Crippen LogP contribution in [0.3, 0.4) is 0 Å². The molecule has 0 fully saturated rings. The minimum absolute atomic E-state index is 0.0445. The summed E-state index contributed by atoms with van der Waals surface area (Å²) in [7, 11) is -3.62. The van der Waals surface area contributed by atoms with E-state index in [9.17, 15) is 18.0 Å². The number of hydrogen-bond acceptors (Lipinski definition) is 4. The highest BCUT2D eigenvalue weighted by atomic mass is 35.5. The van der Waals surface area contributed by atoms with Gasteiger partial charge < -0.3 is 10.2 Å². The lowest BCUT2D eigenvalue weighted by Gasteiger charge is -2.31. The number of benzene rings is 2. The Morgan fingerprint density at radius 1 is 1.03 bits per heavy atom. The number of likely N-dealkylation sites (N-methyl/N-ethyl adjacent to an activating group) is 1. The van der Waals surface area contributed by atoms with E-state index in [4.69, 9.17) is 34.8 Å². The molecular weight excluding hydrogens is 545 g/mol. The predicted octanol–water partition coefficient (Wildman–Crippen LogP) is 5.44. The first-order valence-electron chi connectivity index (χ1n) is 11.6. The molecule has 0 aliphatic heterocycles. The van der Waals surface area contributed by atoms with Crippen LogP contribution in [0, 0.1) is 6.92 Å². The number of hydrogen-bond donors (Lipinski definition) is 1. The second-order valence-corrected chi connectivity index (χ2v) is 11.5. The standard InChI is InChI=1S/C25H32Cl3N3O4S/c1-5-22(25(33)29-6-2)30(16-18-12-13-20(27)21(28)15-18)24(32)11-8-14-31(36(4,34)35)23-10-7-9-19(26)17(23)3/h7,9-10,12-13,15,22H,5-6,8,11,14,16H2,1-4H3,(H,29,33). The van der Waals surface area contributed by atoms with Crippen LogP contribution in [0.5, 0.6) is 0 Å². The second kappa shape index (κ2) is 13.5. The van der Waals surface area contributed by atoms with Crippen LogP contribution in [-0.2, 0) is 26.2 Å². The molecule has 0 aromatic heterocycles. The first-order valence-corrected chi connectivity index (χ1v) is 14.6. The molecule has 1 atom stereocenters. The van der Waals surface area contributed by atoms with Gasteiger partial charge in [-0.25, -0.2) is 8.42 Å². The summed E-state index contributed by atoms with van der Waals surface area (Å²) in [5.74, 6) is -0.517. The molecule has 0 saturated heterocycles. The van der Waals surface area contributed by atoms with Crippen LogP contribution < -0.4 is 9.62 Å². The highest BCUT2D eigenvalue weighted by molar-refractivity contribution is 7.92. The highest BCUT2D eigenvalue weighted by Gasteiger charge is 2.29. The molecule has 0 radical (unpaired) electrons. The van der Waals surface area contributed by atoms with Crippen LogP contribution in [0.2, 0.25) is 15.1 Å². The van der Waals surface area contributed by atoms with Crippen LogP contribution in [0.4, 0.5) is 5.69 Å². The van der Waals surface area contributed by atoms with E-state index in [1.807, 2.05) is 13.8 Å². The molecule has 0 saturated carbocycles. The molecule has 11 heteroatoms. The molecule has 36 heavy (non-hydrogen) atoms. The Labute approximate surface area is 228 Å².